The van der Waals surface area contributed by atoms with Gasteiger partial charge < -0.3 is 15.3 Å². The molecule has 0 radical (unpaired) electrons. The first-order chi connectivity index (χ1) is 18.2. The molecule has 2 saturated heterocycles. The predicted molar refractivity (Wildman–Crippen MR) is 144 cm³/mol. The third-order valence-electron chi connectivity index (χ3n) is 8.03. The number of amides is 1. The highest BCUT2D eigenvalue weighted by atomic mass is 32.2. The summed E-state index contributed by atoms with van der Waals surface area (Å²) in [5.41, 5.74) is 1.89. The van der Waals surface area contributed by atoms with Crippen LogP contribution in [0.5, 0.6) is 0 Å². The zero-order valence-corrected chi connectivity index (χ0v) is 23.3. The summed E-state index contributed by atoms with van der Waals surface area (Å²) in [7, 11) is -1.50. The molecule has 1 aliphatic carbocycles. The third kappa shape index (κ3) is 5.64. The number of benzene rings is 1. The molecule has 0 bridgehead atoms. The molecule has 2 aromatic rings. The van der Waals surface area contributed by atoms with Gasteiger partial charge >= 0.3 is 5.97 Å². The van der Waals surface area contributed by atoms with Crippen molar-refractivity contribution in [2.24, 2.45) is 5.41 Å². The number of hydrogen-bond acceptors (Lipinski definition) is 7. The topological polar surface area (TPSA) is 123 Å². The molecule has 0 saturated carbocycles. The van der Waals surface area contributed by atoms with E-state index in [1.165, 1.54) is 11.3 Å². The molecule has 1 unspecified atom stereocenters. The number of nitrogens with zero attached hydrogens (tertiary/aromatic N) is 4. The van der Waals surface area contributed by atoms with Crippen LogP contribution < -0.4 is 5.32 Å². The van der Waals surface area contributed by atoms with E-state index in [1.54, 1.807) is 8.61 Å². The summed E-state index contributed by atoms with van der Waals surface area (Å²) in [6.07, 6.45) is 2.23. The van der Waals surface area contributed by atoms with Gasteiger partial charge in [-0.25, -0.2) is 4.98 Å². The molecule has 1 atom stereocenters. The average Bonchev–Trinajstić information content (AvgIpc) is 3.52. The summed E-state index contributed by atoms with van der Waals surface area (Å²) >= 11 is 1.44. The molecule has 2 aliphatic heterocycles. The van der Waals surface area contributed by atoms with Crippen molar-refractivity contribution in [1.29, 1.82) is 0 Å². The number of piperazine rings is 1. The van der Waals surface area contributed by atoms with Crippen LogP contribution >= 0.6 is 11.3 Å². The molecule has 2 fully saturated rings. The molecule has 0 spiro atoms. The lowest BCUT2D eigenvalue weighted by Crippen LogP contribution is -2.53. The Kier molecular flexibility index (Phi) is 7.88. The second-order valence-corrected chi connectivity index (χ2v) is 13.6. The van der Waals surface area contributed by atoms with Crippen LogP contribution in [0.3, 0.4) is 0 Å². The summed E-state index contributed by atoms with van der Waals surface area (Å²) in [5, 5.41) is 15.2. The predicted octanol–water partition coefficient (Wildman–Crippen LogP) is 1.69. The molecule has 3 aliphatic rings. The lowest BCUT2D eigenvalue weighted by molar-refractivity contribution is -0.145. The third-order valence-corrected chi connectivity index (χ3v) is 10.9. The molecule has 10 nitrogen and oxygen atoms in total. The van der Waals surface area contributed by atoms with Gasteiger partial charge in [-0.15, -0.1) is 11.3 Å². The van der Waals surface area contributed by atoms with Crippen molar-refractivity contribution in [3.05, 3.63) is 51.5 Å². The number of rotatable bonds is 8. The number of hydrogen-bond donors (Lipinski definition) is 2. The molecule has 206 valence electrons. The first-order valence-electron chi connectivity index (χ1n) is 13.1. The Morgan fingerprint density at radius 2 is 1.79 bits per heavy atom. The molecule has 3 heterocycles. The quantitative estimate of drug-likeness (QED) is 0.503. The normalized spacial score (nSPS) is 22.7. The van der Waals surface area contributed by atoms with Crippen LogP contribution in [-0.4, -0.2) is 90.2 Å². The van der Waals surface area contributed by atoms with Gasteiger partial charge in [0.2, 0.25) is 5.91 Å². The number of nitrogens with one attached hydrogen (secondary N) is 1. The summed E-state index contributed by atoms with van der Waals surface area (Å²) in [6, 6.07) is 7.73. The molecular weight excluding hydrogens is 526 g/mol. The maximum Gasteiger partial charge on any atom is 0.304 e. The average molecular weight is 562 g/mol. The summed E-state index contributed by atoms with van der Waals surface area (Å²) < 4.78 is 29.7. The van der Waals surface area contributed by atoms with Crippen LogP contribution in [-0.2, 0) is 39.2 Å². The number of aliphatic carboxylic acids is 1. The summed E-state index contributed by atoms with van der Waals surface area (Å²) in [6.45, 7) is 3.63. The van der Waals surface area contributed by atoms with E-state index in [4.69, 9.17) is 4.98 Å². The maximum atomic E-state index is 13.3. The highest BCUT2D eigenvalue weighted by molar-refractivity contribution is 7.86. The Balaban J connectivity index is 1.21. The smallest absolute Gasteiger partial charge is 0.304 e. The van der Waals surface area contributed by atoms with Crippen LogP contribution in [0.1, 0.15) is 47.0 Å². The number of carboxylic acids is 1. The number of piperidine rings is 1. The number of fused-ring (bicyclic) bond motifs is 1. The van der Waals surface area contributed by atoms with E-state index in [0.717, 1.165) is 47.8 Å². The van der Waals surface area contributed by atoms with Crippen molar-refractivity contribution in [1.82, 2.24) is 23.8 Å². The molecule has 1 amide bonds. The van der Waals surface area contributed by atoms with Gasteiger partial charge in [0.25, 0.3) is 10.2 Å². The summed E-state index contributed by atoms with van der Waals surface area (Å²) in [4.78, 5) is 31.8. The van der Waals surface area contributed by atoms with Gasteiger partial charge in [0.1, 0.15) is 5.01 Å². The monoisotopic (exact) mass is 561 g/mol. The minimum Gasteiger partial charge on any atom is -0.481 e. The van der Waals surface area contributed by atoms with E-state index >= 15 is 0 Å². The minimum atomic E-state index is -3.50. The van der Waals surface area contributed by atoms with E-state index in [0.29, 0.717) is 39.0 Å². The van der Waals surface area contributed by atoms with Gasteiger partial charge in [0.05, 0.1) is 24.1 Å². The Morgan fingerprint density at radius 1 is 1.11 bits per heavy atom. The van der Waals surface area contributed by atoms with Gasteiger partial charge in [-0.1, -0.05) is 24.3 Å². The van der Waals surface area contributed by atoms with Crippen molar-refractivity contribution >= 4 is 33.4 Å². The van der Waals surface area contributed by atoms with Crippen molar-refractivity contribution < 1.29 is 23.1 Å². The van der Waals surface area contributed by atoms with Crippen molar-refractivity contribution in [3.8, 4) is 0 Å². The highest BCUT2D eigenvalue weighted by Gasteiger charge is 2.45. The van der Waals surface area contributed by atoms with Crippen LogP contribution in [0, 0.1) is 5.41 Å². The molecular formula is C26H35N5O5S2. The lowest BCUT2D eigenvalue weighted by Gasteiger charge is -2.38. The number of carboxylic acid groups (broad SMARTS) is 1. The Bertz CT molecular complexity index is 1260. The maximum absolute atomic E-state index is 13.3. The molecule has 2 N–H and O–H groups in total. The molecule has 12 heteroatoms. The fourth-order valence-electron chi connectivity index (χ4n) is 5.86. The van der Waals surface area contributed by atoms with Crippen LogP contribution in [0.4, 0.5) is 0 Å². The highest BCUT2D eigenvalue weighted by Crippen LogP contribution is 2.40. The van der Waals surface area contributed by atoms with Crippen molar-refractivity contribution in [3.63, 3.8) is 0 Å². The van der Waals surface area contributed by atoms with E-state index < -0.39 is 21.6 Å². The molecule has 1 aromatic carbocycles. The minimum absolute atomic E-state index is 0.00868. The SMILES string of the molecule is CN1CCN(S(=O)(=O)N2CCCC(c3csc(CNC(=O)C4(CC(=O)O)Cc5ccccc5C4)n3)C2)CC1. The Labute approximate surface area is 227 Å². The van der Waals surface area contributed by atoms with Crippen LogP contribution in [0.2, 0.25) is 0 Å². The number of thiazole rings is 1. The molecule has 1 aromatic heterocycles. The van der Waals surface area contributed by atoms with E-state index in [2.05, 4.69) is 10.2 Å². The molecule has 38 heavy (non-hydrogen) atoms. The van der Waals surface area contributed by atoms with Gasteiger partial charge in [-0.05, 0) is 43.9 Å². The van der Waals surface area contributed by atoms with Gasteiger partial charge in [0.15, 0.2) is 0 Å². The molecule has 5 rings (SSSR count). The number of aromatic nitrogens is 1. The van der Waals surface area contributed by atoms with E-state index in [9.17, 15) is 23.1 Å². The first kappa shape index (κ1) is 27.2. The zero-order valence-electron chi connectivity index (χ0n) is 21.6. The zero-order chi connectivity index (χ0) is 26.9. The van der Waals surface area contributed by atoms with Gasteiger partial charge in [-0.3, -0.25) is 9.59 Å². The number of carbonyl (C=O) groups excluding carboxylic acids is 1. The summed E-state index contributed by atoms with van der Waals surface area (Å²) in [5.74, 6) is -1.25. The van der Waals surface area contributed by atoms with E-state index in [1.807, 2.05) is 36.7 Å². The largest absolute Gasteiger partial charge is 0.481 e. The Morgan fingerprint density at radius 3 is 2.45 bits per heavy atom. The number of likely N-dealkylation sites (N-methyl/N-ethyl adjacent to an activating group) is 1. The van der Waals surface area contributed by atoms with Crippen molar-refractivity contribution in [2.45, 2.75) is 44.6 Å². The Hall–Kier alpha value is -2.38. The fraction of sp³-hybridized carbons (Fsp3) is 0.577. The first-order valence-corrected chi connectivity index (χ1v) is 15.4. The van der Waals surface area contributed by atoms with Crippen molar-refractivity contribution in [2.75, 3.05) is 46.3 Å². The number of carbonyl (C=O) groups is 2. The van der Waals surface area contributed by atoms with Crippen LogP contribution in [0.15, 0.2) is 29.6 Å². The van der Waals surface area contributed by atoms with Gasteiger partial charge in [-0.2, -0.15) is 17.0 Å². The fourth-order valence-corrected chi connectivity index (χ4v) is 8.36. The second kappa shape index (κ2) is 11.0. The van der Waals surface area contributed by atoms with Gasteiger partial charge in [0, 0.05) is 50.6 Å². The van der Waals surface area contributed by atoms with E-state index in [-0.39, 0.29) is 24.8 Å². The standard InChI is InChI=1S/C26H35N5O5S2/c1-29-9-11-30(12-10-29)38(35,36)31-8-4-7-21(17-31)22-18-37-23(28-22)16-27-25(34)26(15-24(32)33)13-19-5-2-3-6-20(19)14-26/h2-3,5-6,18,21H,4,7-17H2,1H3,(H,27,34)(H,32,33). The second-order valence-electron chi connectivity index (χ2n) is 10.7. The van der Waals surface area contributed by atoms with Crippen LogP contribution in [0.25, 0.3) is 0 Å². The lowest BCUT2D eigenvalue weighted by atomic mass is 9.80.